The lowest BCUT2D eigenvalue weighted by atomic mass is 10.1. The average Bonchev–Trinajstić information content (AvgIpc) is 2.73. The first kappa shape index (κ1) is 22.7. The smallest absolute Gasteiger partial charge is 0.191 e. The molecule has 0 radical (unpaired) electrons. The van der Waals surface area contributed by atoms with Gasteiger partial charge in [-0.2, -0.15) is 0 Å². The van der Waals surface area contributed by atoms with E-state index in [0.29, 0.717) is 26.4 Å². The second-order valence-corrected chi connectivity index (χ2v) is 7.09. The molecular weight excluding hydrogens is 352 g/mol. The highest BCUT2D eigenvalue weighted by molar-refractivity contribution is 5.79. The van der Waals surface area contributed by atoms with Gasteiger partial charge in [0.2, 0.25) is 0 Å². The highest BCUT2D eigenvalue weighted by Crippen LogP contribution is 2.09. The molecule has 2 N–H and O–H groups in total. The Bertz CT molecular complexity index is 559. The minimum atomic E-state index is 0.610. The van der Waals surface area contributed by atoms with Gasteiger partial charge in [-0.05, 0) is 50.9 Å². The summed E-state index contributed by atoms with van der Waals surface area (Å²) in [6.45, 7) is 12.7. The fraction of sp³-hybridized carbons (Fsp3) is 0.682. The molecule has 1 saturated heterocycles. The van der Waals surface area contributed by atoms with Gasteiger partial charge in [-0.15, -0.1) is 0 Å². The van der Waals surface area contributed by atoms with Gasteiger partial charge in [-0.25, -0.2) is 4.99 Å². The standard InChI is InChI=1S/C22H38N4O2/c1-3-23-22(24-11-14-26-12-6-5-7-13-26)25-18-20-9-8-10-21(17-20)19-28-16-15-27-4-2/h8-10,17H,3-7,11-16,18-19H2,1-2H3,(H2,23,24,25). The first-order valence-corrected chi connectivity index (χ1v) is 10.8. The molecule has 6 nitrogen and oxygen atoms in total. The van der Waals surface area contributed by atoms with E-state index >= 15 is 0 Å². The van der Waals surface area contributed by atoms with E-state index in [9.17, 15) is 0 Å². The summed E-state index contributed by atoms with van der Waals surface area (Å²) in [5.74, 6) is 0.887. The van der Waals surface area contributed by atoms with Crippen molar-refractivity contribution in [2.75, 3.05) is 52.5 Å². The summed E-state index contributed by atoms with van der Waals surface area (Å²) in [4.78, 5) is 7.28. The van der Waals surface area contributed by atoms with Crippen molar-refractivity contribution in [1.29, 1.82) is 0 Å². The van der Waals surface area contributed by atoms with Crippen molar-refractivity contribution in [2.24, 2.45) is 4.99 Å². The van der Waals surface area contributed by atoms with Crippen LogP contribution in [0, 0.1) is 0 Å². The predicted molar refractivity (Wildman–Crippen MR) is 116 cm³/mol. The van der Waals surface area contributed by atoms with Crippen LogP contribution in [0.2, 0.25) is 0 Å². The van der Waals surface area contributed by atoms with Crippen molar-refractivity contribution in [3.63, 3.8) is 0 Å². The van der Waals surface area contributed by atoms with E-state index in [0.717, 1.165) is 32.2 Å². The van der Waals surface area contributed by atoms with Crippen molar-refractivity contribution in [3.05, 3.63) is 35.4 Å². The molecule has 1 aromatic rings. The van der Waals surface area contributed by atoms with Gasteiger partial charge in [0, 0.05) is 26.2 Å². The molecule has 1 aliphatic rings. The summed E-state index contributed by atoms with van der Waals surface area (Å²) in [5, 5.41) is 6.81. The van der Waals surface area contributed by atoms with E-state index in [1.165, 1.54) is 43.5 Å². The lowest BCUT2D eigenvalue weighted by Crippen LogP contribution is -2.42. The van der Waals surface area contributed by atoms with E-state index < -0.39 is 0 Å². The summed E-state index contributed by atoms with van der Waals surface area (Å²) in [5.41, 5.74) is 2.37. The van der Waals surface area contributed by atoms with E-state index in [2.05, 4.69) is 46.7 Å². The Morgan fingerprint density at radius 2 is 1.82 bits per heavy atom. The molecule has 2 rings (SSSR count). The number of guanidine groups is 1. The quantitative estimate of drug-likeness (QED) is 0.327. The van der Waals surface area contributed by atoms with E-state index in [4.69, 9.17) is 14.5 Å². The summed E-state index contributed by atoms with van der Waals surface area (Å²) in [6, 6.07) is 8.45. The number of nitrogens with zero attached hydrogens (tertiary/aromatic N) is 2. The zero-order valence-corrected chi connectivity index (χ0v) is 17.7. The summed E-state index contributed by atoms with van der Waals surface area (Å²) >= 11 is 0. The first-order valence-electron chi connectivity index (χ1n) is 10.8. The van der Waals surface area contributed by atoms with Crippen LogP contribution in [-0.4, -0.2) is 63.4 Å². The van der Waals surface area contributed by atoms with Crippen LogP contribution in [0.15, 0.2) is 29.3 Å². The van der Waals surface area contributed by atoms with Crippen LogP contribution in [0.25, 0.3) is 0 Å². The number of hydrogen-bond acceptors (Lipinski definition) is 4. The molecule has 0 aliphatic carbocycles. The molecule has 0 atom stereocenters. The molecule has 0 aromatic heterocycles. The SMILES string of the molecule is CCNC(=NCc1cccc(COCCOCC)c1)NCCN1CCCCC1. The molecule has 0 unspecified atom stereocenters. The maximum absolute atomic E-state index is 5.66. The molecule has 0 spiro atoms. The molecule has 0 saturated carbocycles. The molecule has 0 bridgehead atoms. The van der Waals surface area contributed by atoms with Crippen LogP contribution in [-0.2, 0) is 22.6 Å². The minimum absolute atomic E-state index is 0.610. The van der Waals surface area contributed by atoms with Crippen LogP contribution >= 0.6 is 0 Å². The molecule has 158 valence electrons. The van der Waals surface area contributed by atoms with E-state index in [1.807, 2.05) is 6.92 Å². The molecule has 6 heteroatoms. The fourth-order valence-electron chi connectivity index (χ4n) is 3.30. The Hall–Kier alpha value is -1.63. The second-order valence-electron chi connectivity index (χ2n) is 7.09. The average molecular weight is 391 g/mol. The number of piperidine rings is 1. The van der Waals surface area contributed by atoms with Crippen LogP contribution in [0.4, 0.5) is 0 Å². The van der Waals surface area contributed by atoms with Crippen molar-refractivity contribution < 1.29 is 9.47 Å². The number of benzene rings is 1. The Morgan fingerprint density at radius 1 is 1.04 bits per heavy atom. The van der Waals surface area contributed by atoms with Crippen LogP contribution in [0.5, 0.6) is 0 Å². The van der Waals surface area contributed by atoms with Gasteiger partial charge in [0.25, 0.3) is 0 Å². The van der Waals surface area contributed by atoms with Gasteiger partial charge in [-0.3, -0.25) is 0 Å². The maximum Gasteiger partial charge on any atom is 0.191 e. The minimum Gasteiger partial charge on any atom is -0.379 e. The molecule has 1 aromatic carbocycles. The number of aliphatic imine (C=N–C) groups is 1. The molecule has 28 heavy (non-hydrogen) atoms. The van der Waals surface area contributed by atoms with Gasteiger partial charge in [0.05, 0.1) is 26.4 Å². The van der Waals surface area contributed by atoms with Gasteiger partial charge in [0.15, 0.2) is 5.96 Å². The molecule has 0 amide bonds. The van der Waals surface area contributed by atoms with Crippen LogP contribution in [0.1, 0.15) is 44.2 Å². The largest absolute Gasteiger partial charge is 0.379 e. The third-order valence-electron chi connectivity index (χ3n) is 4.77. The highest BCUT2D eigenvalue weighted by atomic mass is 16.5. The Kier molecular flexibility index (Phi) is 11.6. The zero-order valence-electron chi connectivity index (χ0n) is 17.7. The Morgan fingerprint density at radius 3 is 2.61 bits per heavy atom. The van der Waals surface area contributed by atoms with Crippen molar-refractivity contribution in [2.45, 2.75) is 46.3 Å². The van der Waals surface area contributed by atoms with E-state index in [1.54, 1.807) is 0 Å². The number of rotatable bonds is 12. The molecule has 1 aliphatic heterocycles. The molecular formula is C22H38N4O2. The number of nitrogens with one attached hydrogen (secondary N) is 2. The van der Waals surface area contributed by atoms with Gasteiger partial charge >= 0.3 is 0 Å². The first-order chi connectivity index (χ1) is 13.8. The third-order valence-corrected chi connectivity index (χ3v) is 4.77. The highest BCUT2D eigenvalue weighted by Gasteiger charge is 2.09. The summed E-state index contributed by atoms with van der Waals surface area (Å²) in [6.07, 6.45) is 4.05. The number of likely N-dealkylation sites (tertiary alicyclic amines) is 1. The maximum atomic E-state index is 5.66. The van der Waals surface area contributed by atoms with Gasteiger partial charge in [-0.1, -0.05) is 30.7 Å². The predicted octanol–water partition coefficient (Wildman–Crippen LogP) is 2.78. The Balaban J connectivity index is 1.76. The van der Waals surface area contributed by atoms with Crippen LogP contribution < -0.4 is 10.6 Å². The van der Waals surface area contributed by atoms with Crippen molar-refractivity contribution in [3.8, 4) is 0 Å². The second kappa shape index (κ2) is 14.4. The van der Waals surface area contributed by atoms with Gasteiger partial charge < -0.3 is 25.0 Å². The normalized spacial score (nSPS) is 15.6. The fourth-order valence-corrected chi connectivity index (χ4v) is 3.30. The molecule has 1 heterocycles. The van der Waals surface area contributed by atoms with Crippen LogP contribution in [0.3, 0.4) is 0 Å². The Labute approximate surface area is 170 Å². The molecule has 1 fully saturated rings. The number of ether oxygens (including phenoxy) is 2. The lowest BCUT2D eigenvalue weighted by Gasteiger charge is -2.26. The third kappa shape index (κ3) is 9.53. The van der Waals surface area contributed by atoms with Crippen molar-refractivity contribution >= 4 is 5.96 Å². The van der Waals surface area contributed by atoms with E-state index in [-0.39, 0.29) is 0 Å². The topological polar surface area (TPSA) is 58.1 Å². The number of hydrogen-bond donors (Lipinski definition) is 2. The zero-order chi connectivity index (χ0) is 19.9. The summed E-state index contributed by atoms with van der Waals surface area (Å²) in [7, 11) is 0. The van der Waals surface area contributed by atoms with Gasteiger partial charge in [0.1, 0.15) is 0 Å². The summed E-state index contributed by atoms with van der Waals surface area (Å²) < 4.78 is 11.0. The van der Waals surface area contributed by atoms with Crippen molar-refractivity contribution in [1.82, 2.24) is 15.5 Å². The lowest BCUT2D eigenvalue weighted by molar-refractivity contribution is 0.0453. The monoisotopic (exact) mass is 390 g/mol.